The predicted molar refractivity (Wildman–Crippen MR) is 156 cm³/mol. The summed E-state index contributed by atoms with van der Waals surface area (Å²) in [5.74, 6) is 0.575. The number of carbonyl (C=O) groups is 1. The Morgan fingerprint density at radius 2 is 1.95 bits per heavy atom. The van der Waals surface area contributed by atoms with Crippen LogP contribution in [0.1, 0.15) is 43.4 Å². The number of fused-ring (bicyclic) bond motifs is 4. The van der Waals surface area contributed by atoms with Gasteiger partial charge in [0.2, 0.25) is 5.88 Å². The number of aromatic nitrogens is 7. The highest BCUT2D eigenvalue weighted by Gasteiger charge is 2.26. The first-order valence-corrected chi connectivity index (χ1v) is 16.2. The lowest BCUT2D eigenvalue weighted by Gasteiger charge is -2.27. The third-order valence-corrected chi connectivity index (χ3v) is 8.16. The Kier molecular flexibility index (Phi) is 7.21. The first kappa shape index (κ1) is 26.6. The second-order valence-electron chi connectivity index (χ2n) is 10.1. The van der Waals surface area contributed by atoms with Crippen LogP contribution in [0, 0.1) is 6.92 Å². The highest BCUT2D eigenvalue weighted by molar-refractivity contribution is 14.2. The molecule has 1 unspecified atom stereocenters. The third kappa shape index (κ3) is 5.15. The number of hydrogen-bond donors (Lipinski definition) is 0. The Morgan fingerprint density at radius 3 is 2.68 bits per heavy atom. The largest absolute Gasteiger partial charge is 0.475 e. The molecule has 0 saturated carbocycles. The maximum atomic E-state index is 13.2. The lowest BCUT2D eigenvalue weighted by Crippen LogP contribution is -2.39. The second kappa shape index (κ2) is 10.3. The quantitative estimate of drug-likeness (QED) is 0.212. The van der Waals surface area contributed by atoms with Gasteiger partial charge in [-0.05, 0) is 68.0 Å². The van der Waals surface area contributed by atoms with Gasteiger partial charge in [-0.25, -0.2) is 13.9 Å². The topological polar surface area (TPSA) is 105 Å². The molecule has 1 amide bonds. The minimum absolute atomic E-state index is 0.240. The van der Waals surface area contributed by atoms with E-state index >= 15 is 0 Å². The molecular formula is C25H30IN8O3P. The van der Waals surface area contributed by atoms with Crippen molar-refractivity contribution in [3.63, 3.8) is 0 Å². The minimum atomic E-state index is -0.633. The lowest BCUT2D eigenvalue weighted by molar-refractivity contribution is 0.0204. The van der Waals surface area contributed by atoms with Crippen molar-refractivity contribution in [1.29, 1.82) is 0 Å². The molecule has 1 aliphatic rings. The molecule has 11 nitrogen and oxygen atoms in total. The molecule has 0 radical (unpaired) electrons. The fourth-order valence-electron chi connectivity index (χ4n) is 4.33. The molecule has 4 aromatic heterocycles. The van der Waals surface area contributed by atoms with Gasteiger partial charge in [-0.3, -0.25) is 14.6 Å². The number of ether oxygens (including phenoxy) is 2. The van der Waals surface area contributed by atoms with Crippen LogP contribution in [0.15, 0.2) is 18.5 Å². The SMILES string of the molecule is Cc1c2c(nn1C)CN(C(=O)OC(C)(C)C)CCOc1c(cnn1C)-c1cc3c(nn(PI)c3cn1)/C=C/2. The molecule has 13 heteroatoms. The Hall–Kier alpha value is -2.99. The Balaban J connectivity index is 1.66. The number of carbonyl (C=O) groups excluding carboxylic acids is 1. The zero-order valence-corrected chi connectivity index (χ0v) is 25.3. The van der Waals surface area contributed by atoms with Crippen molar-refractivity contribution in [2.24, 2.45) is 14.1 Å². The van der Waals surface area contributed by atoms with E-state index in [9.17, 15) is 4.79 Å². The lowest BCUT2D eigenvalue weighted by atomic mass is 10.1. The highest BCUT2D eigenvalue weighted by atomic mass is 127. The van der Waals surface area contributed by atoms with E-state index in [0.717, 1.165) is 44.8 Å². The van der Waals surface area contributed by atoms with Crippen LogP contribution in [0.5, 0.6) is 5.88 Å². The number of pyridine rings is 1. The van der Waals surface area contributed by atoms with Crippen molar-refractivity contribution >= 4 is 57.6 Å². The van der Waals surface area contributed by atoms with Gasteiger partial charge in [0, 0.05) is 30.7 Å². The molecule has 0 saturated heterocycles. The monoisotopic (exact) mass is 648 g/mol. The van der Waals surface area contributed by atoms with Gasteiger partial charge in [0.15, 0.2) is 0 Å². The van der Waals surface area contributed by atoms with Gasteiger partial charge in [-0.15, -0.1) is 0 Å². The third-order valence-electron chi connectivity index (χ3n) is 6.29. The smallest absolute Gasteiger partial charge is 0.410 e. The Morgan fingerprint density at radius 1 is 1.16 bits per heavy atom. The molecule has 38 heavy (non-hydrogen) atoms. The summed E-state index contributed by atoms with van der Waals surface area (Å²) in [7, 11) is 3.72. The van der Waals surface area contributed by atoms with Crippen LogP contribution in [-0.2, 0) is 25.4 Å². The average molecular weight is 648 g/mol. The number of rotatable bonds is 1. The Bertz CT molecular complexity index is 1550. The summed E-state index contributed by atoms with van der Waals surface area (Å²) in [5, 5.41) is 15.0. The fourth-order valence-corrected chi connectivity index (χ4v) is 5.85. The molecule has 0 aromatic carbocycles. The van der Waals surface area contributed by atoms with Gasteiger partial charge in [-0.2, -0.15) is 15.3 Å². The van der Waals surface area contributed by atoms with Gasteiger partial charge < -0.3 is 9.47 Å². The van der Waals surface area contributed by atoms with Crippen LogP contribution in [0.25, 0.3) is 34.3 Å². The molecular weight excluding hydrogens is 618 g/mol. The van der Waals surface area contributed by atoms with E-state index in [1.807, 2.05) is 75.3 Å². The fraction of sp³-hybridized carbons (Fsp3) is 0.400. The van der Waals surface area contributed by atoms with Gasteiger partial charge in [-0.1, -0.05) is 0 Å². The van der Waals surface area contributed by atoms with E-state index < -0.39 is 11.7 Å². The average Bonchev–Trinajstić information content (AvgIpc) is 3.48. The molecule has 1 aliphatic heterocycles. The van der Waals surface area contributed by atoms with Crippen LogP contribution in [0.4, 0.5) is 4.79 Å². The standard InChI is InChI=1S/C25H30IN8O3P/c1-15-16-7-8-19-17-11-20(27-13-22(17)34(30-19)38-26)18-12-28-32(6)23(18)36-10-9-33(14-21(16)29-31(15)5)24(35)37-25(2,3)4/h7-8,11-13,38H,9-10,14H2,1-6H3/b8-7+. The molecule has 2 bridgehead atoms. The van der Waals surface area contributed by atoms with Crippen LogP contribution >= 0.6 is 28.4 Å². The minimum Gasteiger partial charge on any atom is -0.475 e. The van der Waals surface area contributed by atoms with E-state index in [4.69, 9.17) is 24.7 Å². The summed E-state index contributed by atoms with van der Waals surface area (Å²) < 4.78 is 17.4. The number of aryl methyl sites for hydroxylation is 2. The molecule has 0 N–H and O–H groups in total. The predicted octanol–water partition coefficient (Wildman–Crippen LogP) is 4.97. The van der Waals surface area contributed by atoms with Gasteiger partial charge >= 0.3 is 6.09 Å². The van der Waals surface area contributed by atoms with Crippen molar-refractivity contribution in [3.8, 4) is 17.1 Å². The first-order chi connectivity index (χ1) is 18.1. The zero-order valence-electron chi connectivity index (χ0n) is 22.2. The van der Waals surface area contributed by atoms with Crippen molar-refractivity contribution < 1.29 is 14.3 Å². The summed E-state index contributed by atoms with van der Waals surface area (Å²) in [4.78, 5) is 19.6. The molecule has 0 aliphatic carbocycles. The van der Waals surface area contributed by atoms with Crippen molar-refractivity contribution in [2.75, 3.05) is 13.2 Å². The molecule has 5 rings (SSSR count). The van der Waals surface area contributed by atoms with Crippen LogP contribution < -0.4 is 4.74 Å². The van der Waals surface area contributed by atoms with Crippen LogP contribution in [-0.4, -0.2) is 63.8 Å². The van der Waals surface area contributed by atoms with Crippen LogP contribution in [0.3, 0.4) is 0 Å². The second-order valence-corrected chi connectivity index (χ2v) is 12.1. The van der Waals surface area contributed by atoms with E-state index in [2.05, 4.69) is 27.1 Å². The van der Waals surface area contributed by atoms with Gasteiger partial charge in [0.1, 0.15) is 12.2 Å². The summed E-state index contributed by atoms with van der Waals surface area (Å²) in [6.07, 6.45) is 7.62. The first-order valence-electron chi connectivity index (χ1n) is 12.1. The number of halogens is 1. The van der Waals surface area contributed by atoms with Gasteiger partial charge in [0.05, 0.1) is 60.0 Å². The molecule has 0 fully saturated rings. The van der Waals surface area contributed by atoms with Gasteiger partial charge in [0.25, 0.3) is 0 Å². The van der Waals surface area contributed by atoms with E-state index in [1.165, 1.54) is 0 Å². The maximum absolute atomic E-state index is 13.2. The van der Waals surface area contributed by atoms with Crippen molar-refractivity contribution in [1.82, 2.24) is 39.0 Å². The maximum Gasteiger partial charge on any atom is 0.410 e. The normalized spacial score (nSPS) is 15.3. The molecule has 200 valence electrons. The van der Waals surface area contributed by atoms with Crippen molar-refractivity contribution in [2.45, 2.75) is 39.8 Å². The molecule has 5 heterocycles. The summed E-state index contributed by atoms with van der Waals surface area (Å²) in [6.45, 7) is 8.39. The highest BCUT2D eigenvalue weighted by Crippen LogP contribution is 2.35. The molecule has 4 aromatic rings. The van der Waals surface area contributed by atoms with E-state index in [0.29, 0.717) is 18.8 Å². The van der Waals surface area contributed by atoms with Crippen molar-refractivity contribution in [3.05, 3.63) is 41.1 Å². The molecule has 1 atom stereocenters. The number of nitrogens with zero attached hydrogens (tertiary/aromatic N) is 8. The molecule has 0 spiro atoms. The van der Waals surface area contributed by atoms with E-state index in [1.54, 1.807) is 15.8 Å². The number of hydrogen-bond acceptors (Lipinski definition) is 7. The summed E-state index contributed by atoms with van der Waals surface area (Å²) in [5.41, 5.74) is 5.36. The summed E-state index contributed by atoms with van der Waals surface area (Å²) >= 11 is 2.32. The van der Waals surface area contributed by atoms with Crippen LogP contribution in [0.2, 0.25) is 0 Å². The zero-order chi connectivity index (χ0) is 27.2. The number of amides is 1. The summed E-state index contributed by atoms with van der Waals surface area (Å²) in [6, 6.07) is 2.03. The Labute approximate surface area is 235 Å². The van der Waals surface area contributed by atoms with E-state index in [-0.39, 0.29) is 13.2 Å².